The number of carbonyl (C=O) groups is 2. The van der Waals surface area contributed by atoms with Crippen molar-refractivity contribution in [3.05, 3.63) is 54.1 Å². The second-order valence-electron chi connectivity index (χ2n) is 9.54. The van der Waals surface area contributed by atoms with Crippen LogP contribution in [0.1, 0.15) is 52.0 Å². The summed E-state index contributed by atoms with van der Waals surface area (Å²) in [6, 6.07) is 14.2. The fourth-order valence-electron chi connectivity index (χ4n) is 4.38. The van der Waals surface area contributed by atoms with Gasteiger partial charge in [-0.3, -0.25) is 13.9 Å². The van der Waals surface area contributed by atoms with Crippen LogP contribution >= 0.6 is 0 Å². The number of carbonyl (C=O) groups excluding carboxylic acids is 2. The van der Waals surface area contributed by atoms with E-state index in [0.717, 1.165) is 18.2 Å². The Labute approximate surface area is 226 Å². The molecule has 0 aromatic heterocycles. The standard InChI is InChI=1S/C28H39N3O6S/c1-5-21(3)29-28(33)24(6-2)30(18-16-22-11-8-7-9-12-22)27(32)13-10-17-31(38(4,34)35)23-14-15-25-26(19-23)37-20-36-25/h7-9,11-12,14-15,19,21,24H,5-6,10,13,16-18,20H2,1-4H3,(H,29,33). The quantitative estimate of drug-likeness (QED) is 0.388. The number of fused-ring (bicyclic) bond motifs is 1. The Morgan fingerprint density at radius 3 is 2.37 bits per heavy atom. The molecule has 0 radical (unpaired) electrons. The summed E-state index contributed by atoms with van der Waals surface area (Å²) >= 11 is 0. The Hall–Kier alpha value is -3.27. The molecule has 2 aromatic carbocycles. The van der Waals surface area contributed by atoms with Crippen molar-refractivity contribution < 1.29 is 27.5 Å². The number of rotatable bonds is 14. The van der Waals surface area contributed by atoms with E-state index in [2.05, 4.69) is 5.32 Å². The molecule has 2 amide bonds. The van der Waals surface area contributed by atoms with Gasteiger partial charge in [-0.05, 0) is 50.3 Å². The van der Waals surface area contributed by atoms with Crippen molar-refractivity contribution >= 4 is 27.5 Å². The van der Waals surface area contributed by atoms with E-state index >= 15 is 0 Å². The highest BCUT2D eigenvalue weighted by atomic mass is 32.2. The lowest BCUT2D eigenvalue weighted by Crippen LogP contribution is -2.51. The van der Waals surface area contributed by atoms with Gasteiger partial charge in [-0.15, -0.1) is 0 Å². The molecule has 0 aliphatic carbocycles. The minimum absolute atomic E-state index is 0.00708. The number of sulfonamides is 1. The number of hydrogen-bond donors (Lipinski definition) is 1. The number of nitrogens with zero attached hydrogens (tertiary/aromatic N) is 2. The van der Waals surface area contributed by atoms with E-state index < -0.39 is 16.1 Å². The molecule has 38 heavy (non-hydrogen) atoms. The van der Waals surface area contributed by atoms with Crippen LogP contribution in [0.2, 0.25) is 0 Å². The molecule has 9 nitrogen and oxygen atoms in total. The van der Waals surface area contributed by atoms with E-state index in [9.17, 15) is 18.0 Å². The molecule has 0 spiro atoms. The summed E-state index contributed by atoms with van der Waals surface area (Å²) < 4.78 is 37.1. The average Bonchev–Trinajstić information content (AvgIpc) is 3.36. The van der Waals surface area contributed by atoms with Crippen molar-refractivity contribution in [2.45, 2.75) is 65.0 Å². The molecule has 1 N–H and O–H groups in total. The molecular formula is C28H39N3O6S. The van der Waals surface area contributed by atoms with Gasteiger partial charge >= 0.3 is 0 Å². The van der Waals surface area contributed by atoms with Gasteiger partial charge in [0.2, 0.25) is 28.6 Å². The Morgan fingerprint density at radius 1 is 1.00 bits per heavy atom. The Morgan fingerprint density at radius 2 is 1.71 bits per heavy atom. The Kier molecular flexibility index (Phi) is 10.4. The number of hydrogen-bond acceptors (Lipinski definition) is 6. The van der Waals surface area contributed by atoms with Crippen LogP contribution in [0.15, 0.2) is 48.5 Å². The van der Waals surface area contributed by atoms with Crippen molar-refractivity contribution in [1.82, 2.24) is 10.2 Å². The lowest BCUT2D eigenvalue weighted by molar-refractivity contribution is -0.141. The van der Waals surface area contributed by atoms with Gasteiger partial charge in [0, 0.05) is 31.6 Å². The minimum atomic E-state index is -3.60. The number of ether oxygens (including phenoxy) is 2. The summed E-state index contributed by atoms with van der Waals surface area (Å²) in [5.74, 6) is 0.706. The van der Waals surface area contributed by atoms with Crippen LogP contribution in [0.3, 0.4) is 0 Å². The van der Waals surface area contributed by atoms with Gasteiger partial charge in [-0.1, -0.05) is 44.2 Å². The van der Waals surface area contributed by atoms with Crippen molar-refractivity contribution in [1.29, 1.82) is 0 Å². The zero-order valence-electron chi connectivity index (χ0n) is 22.7. The van der Waals surface area contributed by atoms with Crippen LogP contribution in [-0.2, 0) is 26.0 Å². The van der Waals surface area contributed by atoms with Crippen LogP contribution in [-0.4, -0.2) is 63.4 Å². The van der Waals surface area contributed by atoms with Crippen molar-refractivity contribution in [3.63, 3.8) is 0 Å². The first-order valence-corrected chi connectivity index (χ1v) is 15.0. The minimum Gasteiger partial charge on any atom is -0.454 e. The normalized spacial score (nSPS) is 14.0. The summed E-state index contributed by atoms with van der Waals surface area (Å²) in [6.07, 6.45) is 3.44. The number of anilines is 1. The predicted octanol–water partition coefficient (Wildman–Crippen LogP) is 3.73. The molecule has 3 rings (SSSR count). The maximum absolute atomic E-state index is 13.5. The highest BCUT2D eigenvalue weighted by Crippen LogP contribution is 2.36. The van der Waals surface area contributed by atoms with Crippen molar-refractivity contribution in [3.8, 4) is 11.5 Å². The first kappa shape index (κ1) is 29.3. The topological polar surface area (TPSA) is 105 Å². The molecule has 1 heterocycles. The van der Waals surface area contributed by atoms with E-state index in [0.29, 0.717) is 43.0 Å². The third-order valence-electron chi connectivity index (χ3n) is 6.67. The second-order valence-corrected chi connectivity index (χ2v) is 11.4. The molecular weight excluding hydrogens is 506 g/mol. The summed E-state index contributed by atoms with van der Waals surface area (Å²) in [6.45, 7) is 6.44. The molecule has 1 aliphatic heterocycles. The number of nitrogens with one attached hydrogen (secondary N) is 1. The van der Waals surface area contributed by atoms with Gasteiger partial charge in [0.05, 0.1) is 11.9 Å². The van der Waals surface area contributed by atoms with E-state index in [1.165, 1.54) is 4.31 Å². The van der Waals surface area contributed by atoms with Gasteiger partial charge in [-0.25, -0.2) is 8.42 Å². The van der Waals surface area contributed by atoms with Crippen LogP contribution in [0.5, 0.6) is 11.5 Å². The van der Waals surface area contributed by atoms with E-state index in [4.69, 9.17) is 9.47 Å². The summed E-state index contributed by atoms with van der Waals surface area (Å²) in [5.41, 5.74) is 1.53. The molecule has 208 valence electrons. The molecule has 2 atom stereocenters. The maximum atomic E-state index is 13.5. The lowest BCUT2D eigenvalue weighted by Gasteiger charge is -2.32. The molecule has 0 saturated heterocycles. The smallest absolute Gasteiger partial charge is 0.243 e. The molecule has 2 aromatic rings. The molecule has 0 saturated carbocycles. The first-order valence-electron chi connectivity index (χ1n) is 13.1. The SMILES string of the molecule is CCC(C)NC(=O)C(CC)N(CCc1ccccc1)C(=O)CCCN(c1ccc2c(c1)OCO2)S(C)(=O)=O. The first-order chi connectivity index (χ1) is 18.1. The zero-order chi connectivity index (χ0) is 27.7. The molecule has 1 aliphatic rings. The van der Waals surface area contributed by atoms with Crippen LogP contribution in [0, 0.1) is 0 Å². The van der Waals surface area contributed by atoms with Gasteiger partial charge in [0.1, 0.15) is 6.04 Å². The molecule has 2 unspecified atom stereocenters. The number of benzene rings is 2. The van der Waals surface area contributed by atoms with E-state index in [1.807, 2.05) is 51.1 Å². The van der Waals surface area contributed by atoms with Gasteiger partial charge in [0.25, 0.3) is 0 Å². The molecule has 10 heteroatoms. The highest BCUT2D eigenvalue weighted by molar-refractivity contribution is 7.92. The molecule has 0 bridgehead atoms. The maximum Gasteiger partial charge on any atom is 0.243 e. The zero-order valence-corrected chi connectivity index (χ0v) is 23.5. The van der Waals surface area contributed by atoms with Gasteiger partial charge in [0.15, 0.2) is 11.5 Å². The Balaban J connectivity index is 1.72. The van der Waals surface area contributed by atoms with Crippen LogP contribution in [0.4, 0.5) is 5.69 Å². The fourth-order valence-corrected chi connectivity index (χ4v) is 5.34. The average molecular weight is 546 g/mol. The van der Waals surface area contributed by atoms with Gasteiger partial charge in [-0.2, -0.15) is 0 Å². The van der Waals surface area contributed by atoms with Crippen LogP contribution < -0.4 is 19.1 Å². The lowest BCUT2D eigenvalue weighted by atomic mass is 10.1. The predicted molar refractivity (Wildman–Crippen MR) is 148 cm³/mol. The monoisotopic (exact) mass is 545 g/mol. The third kappa shape index (κ3) is 7.86. The summed E-state index contributed by atoms with van der Waals surface area (Å²) in [5, 5.41) is 3.01. The largest absolute Gasteiger partial charge is 0.454 e. The van der Waals surface area contributed by atoms with Crippen LogP contribution in [0.25, 0.3) is 0 Å². The van der Waals surface area contributed by atoms with E-state index in [1.54, 1.807) is 23.1 Å². The van der Waals surface area contributed by atoms with Crippen molar-refractivity contribution in [2.75, 3.05) is 30.4 Å². The number of amides is 2. The van der Waals surface area contributed by atoms with Gasteiger partial charge < -0.3 is 19.7 Å². The second kappa shape index (κ2) is 13.5. The summed E-state index contributed by atoms with van der Waals surface area (Å²) in [4.78, 5) is 28.2. The van der Waals surface area contributed by atoms with Crippen molar-refractivity contribution in [2.24, 2.45) is 0 Å². The van der Waals surface area contributed by atoms with E-state index in [-0.39, 0.29) is 37.6 Å². The fraction of sp³-hybridized carbons (Fsp3) is 0.500. The third-order valence-corrected chi connectivity index (χ3v) is 7.86. The Bertz CT molecular complexity index is 1190. The highest BCUT2D eigenvalue weighted by Gasteiger charge is 2.29. The molecule has 0 fully saturated rings. The summed E-state index contributed by atoms with van der Waals surface area (Å²) in [7, 11) is -3.60.